The van der Waals surface area contributed by atoms with E-state index in [1.807, 2.05) is 53.1 Å². The normalized spacial score (nSPS) is 15.0. The molecule has 3 aromatic rings. The highest BCUT2D eigenvalue weighted by Crippen LogP contribution is 2.22. The molecule has 6 nitrogen and oxygen atoms in total. The number of hydrogen-bond donors (Lipinski definition) is 0. The van der Waals surface area contributed by atoms with Crippen molar-refractivity contribution < 1.29 is 9.47 Å². The van der Waals surface area contributed by atoms with Crippen molar-refractivity contribution in [2.24, 2.45) is 0 Å². The number of fused-ring (bicyclic) bond motifs is 1. The highest BCUT2D eigenvalue weighted by Gasteiger charge is 2.14. The van der Waals surface area contributed by atoms with E-state index >= 15 is 0 Å². The fourth-order valence-electron chi connectivity index (χ4n) is 3.61. The van der Waals surface area contributed by atoms with Crippen LogP contribution >= 0.6 is 0 Å². The van der Waals surface area contributed by atoms with E-state index in [4.69, 9.17) is 14.5 Å². The molecule has 0 spiro atoms. The van der Waals surface area contributed by atoms with Crippen LogP contribution in [0.2, 0.25) is 0 Å². The molecule has 0 bridgehead atoms. The Morgan fingerprint density at radius 1 is 1.04 bits per heavy atom. The molecular formula is C22H25N3O3. The second-order valence-electron chi connectivity index (χ2n) is 6.95. The molecule has 0 radical (unpaired) electrons. The molecule has 1 fully saturated rings. The van der Waals surface area contributed by atoms with E-state index in [1.54, 1.807) is 7.11 Å². The predicted octanol–water partition coefficient (Wildman–Crippen LogP) is 2.79. The van der Waals surface area contributed by atoms with Crippen LogP contribution in [0.25, 0.3) is 22.3 Å². The largest absolute Gasteiger partial charge is 0.497 e. The molecule has 28 heavy (non-hydrogen) atoms. The van der Waals surface area contributed by atoms with Crippen LogP contribution in [0.15, 0.2) is 53.3 Å². The summed E-state index contributed by atoms with van der Waals surface area (Å²) < 4.78 is 12.5. The van der Waals surface area contributed by atoms with Crippen LogP contribution in [0.1, 0.15) is 6.42 Å². The van der Waals surface area contributed by atoms with Crippen molar-refractivity contribution >= 4 is 10.9 Å². The van der Waals surface area contributed by atoms with Gasteiger partial charge in [0.15, 0.2) is 0 Å². The molecule has 0 aliphatic carbocycles. The molecule has 4 rings (SSSR count). The van der Waals surface area contributed by atoms with Crippen molar-refractivity contribution in [1.82, 2.24) is 14.5 Å². The fraction of sp³-hybridized carbons (Fsp3) is 0.364. The lowest BCUT2D eigenvalue weighted by Crippen LogP contribution is -2.37. The quantitative estimate of drug-likeness (QED) is 0.659. The Bertz CT molecular complexity index is 992. The second-order valence-corrected chi connectivity index (χ2v) is 6.95. The second kappa shape index (κ2) is 8.54. The molecule has 146 valence electrons. The van der Waals surface area contributed by atoms with Crippen molar-refractivity contribution in [2.75, 3.05) is 40.0 Å². The van der Waals surface area contributed by atoms with Gasteiger partial charge in [-0.25, -0.2) is 4.98 Å². The fourth-order valence-corrected chi connectivity index (χ4v) is 3.61. The average Bonchev–Trinajstić information content (AvgIpc) is 2.76. The monoisotopic (exact) mass is 379 g/mol. The zero-order valence-electron chi connectivity index (χ0n) is 16.1. The van der Waals surface area contributed by atoms with Crippen LogP contribution in [-0.4, -0.2) is 54.4 Å². The van der Waals surface area contributed by atoms with Gasteiger partial charge >= 0.3 is 0 Å². The van der Waals surface area contributed by atoms with E-state index in [1.165, 1.54) is 0 Å². The molecular weight excluding hydrogens is 354 g/mol. The molecule has 6 heteroatoms. The predicted molar refractivity (Wildman–Crippen MR) is 110 cm³/mol. The molecule has 2 heterocycles. The Morgan fingerprint density at radius 2 is 1.79 bits per heavy atom. The lowest BCUT2D eigenvalue weighted by molar-refractivity contribution is 0.0369. The number of nitrogens with zero attached hydrogens (tertiary/aromatic N) is 3. The lowest BCUT2D eigenvalue weighted by atomic mass is 10.1. The standard InChI is InChI=1S/C22H25N3O3/c1-27-18-9-7-17(8-10-18)21-23-20-6-3-2-5-19(20)22(26)25(21)12-4-11-24-13-15-28-16-14-24/h2-3,5-10H,4,11-16H2,1H3. The summed E-state index contributed by atoms with van der Waals surface area (Å²) in [4.78, 5) is 20.4. The SMILES string of the molecule is COc1ccc(-c2nc3ccccc3c(=O)n2CCCN2CCOCC2)cc1. The van der Waals surface area contributed by atoms with E-state index in [0.29, 0.717) is 17.8 Å². The Balaban J connectivity index is 1.67. The summed E-state index contributed by atoms with van der Waals surface area (Å²) >= 11 is 0. The van der Waals surface area contributed by atoms with Gasteiger partial charge in [-0.3, -0.25) is 14.3 Å². The molecule has 2 aromatic carbocycles. The van der Waals surface area contributed by atoms with Gasteiger partial charge in [-0.05, 0) is 42.8 Å². The number of hydrogen-bond acceptors (Lipinski definition) is 5. The number of morpholine rings is 1. The molecule has 0 unspecified atom stereocenters. The number of para-hydroxylation sites is 1. The lowest BCUT2D eigenvalue weighted by Gasteiger charge is -2.26. The van der Waals surface area contributed by atoms with E-state index < -0.39 is 0 Å². The number of methoxy groups -OCH3 is 1. The number of aromatic nitrogens is 2. The Kier molecular flexibility index (Phi) is 5.69. The van der Waals surface area contributed by atoms with Crippen LogP contribution in [0, 0.1) is 0 Å². The maximum atomic E-state index is 13.2. The summed E-state index contributed by atoms with van der Waals surface area (Å²) in [5.74, 6) is 1.49. The van der Waals surface area contributed by atoms with Crippen molar-refractivity contribution in [3.8, 4) is 17.1 Å². The molecule has 0 N–H and O–H groups in total. The first-order chi connectivity index (χ1) is 13.8. The van der Waals surface area contributed by atoms with Crippen LogP contribution in [-0.2, 0) is 11.3 Å². The van der Waals surface area contributed by atoms with E-state index in [9.17, 15) is 4.79 Å². The van der Waals surface area contributed by atoms with Gasteiger partial charge in [0, 0.05) is 31.7 Å². The first-order valence-corrected chi connectivity index (χ1v) is 9.70. The van der Waals surface area contributed by atoms with Gasteiger partial charge in [-0.15, -0.1) is 0 Å². The Labute approximate surface area is 164 Å². The zero-order chi connectivity index (χ0) is 19.3. The van der Waals surface area contributed by atoms with Crippen molar-refractivity contribution in [2.45, 2.75) is 13.0 Å². The number of benzene rings is 2. The summed E-state index contributed by atoms with van der Waals surface area (Å²) in [6.45, 7) is 5.07. The van der Waals surface area contributed by atoms with Crippen LogP contribution in [0.3, 0.4) is 0 Å². The summed E-state index contributed by atoms with van der Waals surface area (Å²) in [5, 5.41) is 0.658. The molecule has 1 aliphatic rings. The average molecular weight is 379 g/mol. The molecule has 1 aliphatic heterocycles. The van der Waals surface area contributed by atoms with Crippen LogP contribution in [0.5, 0.6) is 5.75 Å². The van der Waals surface area contributed by atoms with Gasteiger partial charge in [0.05, 0.1) is 31.2 Å². The minimum Gasteiger partial charge on any atom is -0.497 e. The Morgan fingerprint density at radius 3 is 2.54 bits per heavy atom. The van der Waals surface area contributed by atoms with Crippen molar-refractivity contribution in [1.29, 1.82) is 0 Å². The van der Waals surface area contributed by atoms with E-state index in [-0.39, 0.29) is 5.56 Å². The maximum absolute atomic E-state index is 13.2. The molecule has 0 amide bonds. The van der Waals surface area contributed by atoms with Crippen LogP contribution in [0.4, 0.5) is 0 Å². The molecule has 0 atom stereocenters. The van der Waals surface area contributed by atoms with E-state index in [0.717, 1.165) is 56.1 Å². The molecule has 1 aromatic heterocycles. The van der Waals surface area contributed by atoms with Gasteiger partial charge in [-0.1, -0.05) is 12.1 Å². The first kappa shape index (κ1) is 18.7. The van der Waals surface area contributed by atoms with Gasteiger partial charge < -0.3 is 9.47 Å². The maximum Gasteiger partial charge on any atom is 0.261 e. The van der Waals surface area contributed by atoms with Crippen molar-refractivity contribution in [3.63, 3.8) is 0 Å². The molecule has 1 saturated heterocycles. The third-order valence-corrected chi connectivity index (χ3v) is 5.17. The number of ether oxygens (including phenoxy) is 2. The first-order valence-electron chi connectivity index (χ1n) is 9.70. The van der Waals surface area contributed by atoms with Gasteiger partial charge in [0.1, 0.15) is 11.6 Å². The third-order valence-electron chi connectivity index (χ3n) is 5.17. The smallest absolute Gasteiger partial charge is 0.261 e. The molecule has 0 saturated carbocycles. The highest BCUT2D eigenvalue weighted by molar-refractivity contribution is 5.79. The summed E-state index contributed by atoms with van der Waals surface area (Å²) in [6.07, 6.45) is 0.892. The highest BCUT2D eigenvalue weighted by atomic mass is 16.5. The van der Waals surface area contributed by atoms with E-state index in [2.05, 4.69) is 4.90 Å². The minimum atomic E-state index is 0.0124. The van der Waals surface area contributed by atoms with Crippen molar-refractivity contribution in [3.05, 3.63) is 58.9 Å². The topological polar surface area (TPSA) is 56.6 Å². The Hall–Kier alpha value is -2.70. The third kappa shape index (κ3) is 3.93. The van der Waals surface area contributed by atoms with Crippen LogP contribution < -0.4 is 10.3 Å². The minimum absolute atomic E-state index is 0.0124. The van der Waals surface area contributed by atoms with Gasteiger partial charge in [0.2, 0.25) is 0 Å². The van der Waals surface area contributed by atoms with Gasteiger partial charge in [0.25, 0.3) is 5.56 Å². The number of rotatable bonds is 6. The summed E-state index contributed by atoms with van der Waals surface area (Å²) in [5.41, 5.74) is 1.65. The van der Waals surface area contributed by atoms with Gasteiger partial charge in [-0.2, -0.15) is 0 Å². The zero-order valence-corrected chi connectivity index (χ0v) is 16.1. The summed E-state index contributed by atoms with van der Waals surface area (Å²) in [7, 11) is 1.64. The summed E-state index contributed by atoms with van der Waals surface area (Å²) in [6, 6.07) is 15.2.